The highest BCUT2D eigenvalue weighted by molar-refractivity contribution is 7.47. The average Bonchev–Trinajstić information content (AvgIpc) is 3.19. The first-order valence-corrected chi connectivity index (χ1v) is 23.9. The van der Waals surface area contributed by atoms with E-state index in [1.165, 1.54) is 103 Å². The second-order valence-electron chi connectivity index (χ2n) is 15.0. The van der Waals surface area contributed by atoms with Crippen molar-refractivity contribution >= 4 is 19.8 Å². The molecular formula is C45H83O10P. The van der Waals surface area contributed by atoms with Gasteiger partial charge in [0.2, 0.25) is 0 Å². The van der Waals surface area contributed by atoms with Gasteiger partial charge in [0, 0.05) is 12.8 Å². The SMILES string of the molecule is CC/C=C\C/C=C\C/C=C\CCCCCC(=O)OC(CO)COP(=O)(O)OCC(CO)OC(=O)CCCCCCCCCCCCCCCCCCCCCC. The Kier molecular flexibility index (Phi) is 40.0. The Bertz CT molecular complexity index is 1030. The Morgan fingerprint density at radius 2 is 0.839 bits per heavy atom. The molecule has 0 aromatic heterocycles. The van der Waals surface area contributed by atoms with Gasteiger partial charge in [-0.1, -0.05) is 179 Å². The zero-order valence-corrected chi connectivity index (χ0v) is 36.5. The standard InChI is InChI=1S/C45H83O10P/c1-3-5-7-9-11-13-15-17-18-19-20-21-22-23-25-27-29-31-33-35-37-45(49)55-43(39-47)41-53-56(50,51)52-40-42(38-46)54-44(48)36-34-32-30-28-26-24-16-14-12-10-8-6-4-2/h6,8,12,14,24,26,42-43,46-47H,3-5,7,9-11,13,15-23,25,27-41H2,1-2H3,(H,50,51)/b8-6-,14-12-,26-24-. The Balaban J connectivity index is 3.88. The van der Waals surface area contributed by atoms with Gasteiger partial charge in [0.15, 0.2) is 0 Å². The van der Waals surface area contributed by atoms with Crippen LogP contribution in [-0.2, 0) is 32.7 Å². The Morgan fingerprint density at radius 3 is 1.21 bits per heavy atom. The number of esters is 2. The topological polar surface area (TPSA) is 149 Å². The second-order valence-corrected chi connectivity index (χ2v) is 16.5. The van der Waals surface area contributed by atoms with E-state index in [9.17, 15) is 29.3 Å². The van der Waals surface area contributed by atoms with Crippen LogP contribution in [0.3, 0.4) is 0 Å². The lowest BCUT2D eigenvalue weighted by atomic mass is 10.0. The van der Waals surface area contributed by atoms with E-state index >= 15 is 0 Å². The van der Waals surface area contributed by atoms with Gasteiger partial charge in [0.25, 0.3) is 0 Å². The van der Waals surface area contributed by atoms with Gasteiger partial charge in [-0.15, -0.1) is 0 Å². The molecule has 3 atom stereocenters. The fraction of sp³-hybridized carbons (Fsp3) is 0.822. The normalized spacial score (nSPS) is 14.2. The van der Waals surface area contributed by atoms with Crippen LogP contribution < -0.4 is 0 Å². The smallest absolute Gasteiger partial charge is 0.457 e. The van der Waals surface area contributed by atoms with Crippen LogP contribution in [0.15, 0.2) is 36.5 Å². The summed E-state index contributed by atoms with van der Waals surface area (Å²) in [5, 5.41) is 19.2. The second kappa shape index (κ2) is 41.4. The van der Waals surface area contributed by atoms with Crippen molar-refractivity contribution in [3.05, 3.63) is 36.5 Å². The summed E-state index contributed by atoms with van der Waals surface area (Å²) < 4.78 is 32.5. The van der Waals surface area contributed by atoms with Gasteiger partial charge in [0.05, 0.1) is 26.4 Å². The largest absolute Gasteiger partial charge is 0.472 e. The van der Waals surface area contributed by atoms with Gasteiger partial charge in [-0.25, -0.2) is 4.57 Å². The number of carbonyl (C=O) groups is 2. The maximum atomic E-state index is 12.4. The number of ether oxygens (including phenoxy) is 2. The van der Waals surface area contributed by atoms with Gasteiger partial charge in [0.1, 0.15) is 12.2 Å². The molecule has 3 N–H and O–H groups in total. The molecular weight excluding hydrogens is 731 g/mol. The summed E-state index contributed by atoms with van der Waals surface area (Å²) >= 11 is 0. The molecule has 0 saturated carbocycles. The quantitative estimate of drug-likeness (QED) is 0.0235. The predicted octanol–water partition coefficient (Wildman–Crippen LogP) is 11.9. The molecule has 3 unspecified atom stereocenters. The molecule has 0 radical (unpaired) electrons. The number of allylic oxidation sites excluding steroid dienone is 6. The lowest BCUT2D eigenvalue weighted by Crippen LogP contribution is -2.28. The van der Waals surface area contributed by atoms with Crippen molar-refractivity contribution in [1.82, 2.24) is 0 Å². The van der Waals surface area contributed by atoms with Crippen LogP contribution in [0.1, 0.15) is 200 Å². The third-order valence-electron chi connectivity index (χ3n) is 9.62. The Morgan fingerprint density at radius 1 is 0.500 bits per heavy atom. The number of hydrogen-bond donors (Lipinski definition) is 3. The van der Waals surface area contributed by atoms with Gasteiger partial charge in [-0.05, 0) is 44.9 Å². The van der Waals surface area contributed by atoms with E-state index in [0.29, 0.717) is 12.8 Å². The average molecular weight is 815 g/mol. The van der Waals surface area contributed by atoms with Crippen LogP contribution in [0.4, 0.5) is 0 Å². The number of hydrogen-bond acceptors (Lipinski definition) is 9. The molecule has 56 heavy (non-hydrogen) atoms. The third kappa shape index (κ3) is 39.0. The van der Waals surface area contributed by atoms with E-state index in [1.807, 2.05) is 0 Å². The predicted molar refractivity (Wildman–Crippen MR) is 228 cm³/mol. The number of phosphoric ester groups is 1. The number of rotatable bonds is 42. The van der Waals surface area contributed by atoms with E-state index in [2.05, 4.69) is 50.3 Å². The number of carbonyl (C=O) groups excluding carboxylic acids is 2. The van der Waals surface area contributed by atoms with E-state index in [4.69, 9.17) is 18.5 Å². The van der Waals surface area contributed by atoms with Crippen LogP contribution >= 0.6 is 7.82 Å². The van der Waals surface area contributed by atoms with Crippen LogP contribution in [0.2, 0.25) is 0 Å². The monoisotopic (exact) mass is 815 g/mol. The fourth-order valence-electron chi connectivity index (χ4n) is 6.19. The van der Waals surface area contributed by atoms with Crippen LogP contribution in [0, 0.1) is 0 Å². The zero-order valence-electron chi connectivity index (χ0n) is 35.6. The molecule has 0 amide bonds. The maximum Gasteiger partial charge on any atom is 0.472 e. The molecule has 0 bridgehead atoms. The van der Waals surface area contributed by atoms with Crippen molar-refractivity contribution in [2.75, 3.05) is 26.4 Å². The lowest BCUT2D eigenvalue weighted by molar-refractivity contribution is -0.153. The van der Waals surface area contributed by atoms with Crippen molar-refractivity contribution in [3.8, 4) is 0 Å². The fourth-order valence-corrected chi connectivity index (χ4v) is 6.97. The molecule has 0 aromatic carbocycles. The summed E-state index contributed by atoms with van der Waals surface area (Å²) in [7, 11) is -4.64. The number of unbranched alkanes of at least 4 members (excludes halogenated alkanes) is 22. The van der Waals surface area contributed by atoms with Crippen LogP contribution in [0.5, 0.6) is 0 Å². The molecule has 0 aliphatic rings. The highest BCUT2D eigenvalue weighted by atomic mass is 31.2. The maximum absolute atomic E-state index is 12.4. The minimum absolute atomic E-state index is 0.157. The molecule has 0 aliphatic carbocycles. The summed E-state index contributed by atoms with van der Waals surface area (Å²) in [5.41, 5.74) is 0. The van der Waals surface area contributed by atoms with Gasteiger partial charge < -0.3 is 24.6 Å². The van der Waals surface area contributed by atoms with E-state index < -0.39 is 58.4 Å². The van der Waals surface area contributed by atoms with Crippen LogP contribution in [0.25, 0.3) is 0 Å². The van der Waals surface area contributed by atoms with Crippen LogP contribution in [-0.4, -0.2) is 65.7 Å². The van der Waals surface area contributed by atoms with Gasteiger partial charge >= 0.3 is 19.8 Å². The number of aliphatic hydroxyl groups is 2. The zero-order chi connectivity index (χ0) is 41.2. The molecule has 328 valence electrons. The Hall–Kier alpha value is -1.81. The molecule has 0 aromatic rings. The molecule has 0 rings (SSSR count). The summed E-state index contributed by atoms with van der Waals surface area (Å²) in [6.07, 6.45) is 42.7. The molecule has 0 saturated heterocycles. The van der Waals surface area contributed by atoms with Crippen molar-refractivity contribution < 1.29 is 47.8 Å². The van der Waals surface area contributed by atoms with E-state index in [-0.39, 0.29) is 12.8 Å². The molecule has 0 heterocycles. The Labute approximate surface area is 341 Å². The number of aliphatic hydroxyl groups excluding tert-OH is 2. The summed E-state index contributed by atoms with van der Waals surface area (Å²) in [6, 6.07) is 0. The summed E-state index contributed by atoms with van der Waals surface area (Å²) in [6.45, 7) is 2.08. The highest BCUT2D eigenvalue weighted by Gasteiger charge is 2.27. The highest BCUT2D eigenvalue weighted by Crippen LogP contribution is 2.43. The summed E-state index contributed by atoms with van der Waals surface area (Å²) in [5.74, 6) is -1.04. The molecule has 10 nitrogen and oxygen atoms in total. The minimum Gasteiger partial charge on any atom is -0.457 e. The van der Waals surface area contributed by atoms with Gasteiger partial charge in [-0.3, -0.25) is 18.6 Å². The number of phosphoric acid groups is 1. The first-order valence-electron chi connectivity index (χ1n) is 22.4. The first kappa shape index (κ1) is 54.2. The minimum atomic E-state index is -4.64. The molecule has 0 fully saturated rings. The van der Waals surface area contributed by atoms with Crippen molar-refractivity contribution in [3.63, 3.8) is 0 Å². The summed E-state index contributed by atoms with van der Waals surface area (Å²) in [4.78, 5) is 34.5. The molecule has 0 aliphatic heterocycles. The van der Waals surface area contributed by atoms with Crippen molar-refractivity contribution in [1.29, 1.82) is 0 Å². The molecule has 0 spiro atoms. The van der Waals surface area contributed by atoms with E-state index in [1.54, 1.807) is 0 Å². The lowest BCUT2D eigenvalue weighted by Gasteiger charge is -2.20. The van der Waals surface area contributed by atoms with Gasteiger partial charge in [-0.2, -0.15) is 0 Å². The first-order chi connectivity index (χ1) is 27.3. The van der Waals surface area contributed by atoms with Crippen molar-refractivity contribution in [2.45, 2.75) is 212 Å². The third-order valence-corrected chi connectivity index (χ3v) is 10.6. The van der Waals surface area contributed by atoms with Crippen molar-refractivity contribution in [2.24, 2.45) is 0 Å². The molecule has 11 heteroatoms. The van der Waals surface area contributed by atoms with E-state index in [0.717, 1.165) is 57.8 Å².